The summed E-state index contributed by atoms with van der Waals surface area (Å²) in [5.74, 6) is 0.363. The number of nitrogens with zero attached hydrogens (tertiary/aromatic N) is 3. The molecule has 0 unspecified atom stereocenters. The number of allylic oxidation sites excluding steroid dienone is 1. The number of rotatable bonds is 5. The molecule has 0 bridgehead atoms. The van der Waals surface area contributed by atoms with Gasteiger partial charge in [0.1, 0.15) is 11.6 Å². The first-order chi connectivity index (χ1) is 15.2. The minimum Gasteiger partial charge on any atom is -0.348 e. The summed E-state index contributed by atoms with van der Waals surface area (Å²) in [6.07, 6.45) is 0.499. The van der Waals surface area contributed by atoms with Crippen molar-refractivity contribution in [2.24, 2.45) is 0 Å². The lowest BCUT2D eigenvalue weighted by Gasteiger charge is -2.22. The van der Waals surface area contributed by atoms with Crippen molar-refractivity contribution < 1.29 is 22.8 Å². The molecule has 0 spiro atoms. The highest BCUT2D eigenvalue weighted by Gasteiger charge is 2.30. The van der Waals surface area contributed by atoms with Crippen LogP contribution in [-0.4, -0.2) is 26.6 Å². The second-order valence-corrected chi connectivity index (χ2v) is 7.40. The van der Waals surface area contributed by atoms with E-state index in [0.717, 1.165) is 17.8 Å². The van der Waals surface area contributed by atoms with Gasteiger partial charge >= 0.3 is 6.18 Å². The van der Waals surface area contributed by atoms with Gasteiger partial charge in [0.05, 0.1) is 17.8 Å². The fourth-order valence-electron chi connectivity index (χ4n) is 3.46. The van der Waals surface area contributed by atoms with E-state index in [1.807, 2.05) is 13.0 Å². The first-order valence-corrected chi connectivity index (χ1v) is 9.90. The highest BCUT2D eigenvalue weighted by molar-refractivity contribution is 5.98. The average molecular weight is 443 g/mol. The fraction of sp³-hybridized carbons (Fsp3) is 0.227. The number of aromatic amines is 1. The van der Waals surface area contributed by atoms with E-state index in [1.54, 1.807) is 29.1 Å². The molecule has 2 aromatic heterocycles. The minimum atomic E-state index is -4.43. The van der Waals surface area contributed by atoms with Crippen molar-refractivity contribution in [3.8, 4) is 11.1 Å². The van der Waals surface area contributed by atoms with E-state index in [1.165, 1.54) is 17.2 Å². The zero-order valence-electron chi connectivity index (χ0n) is 17.1. The second kappa shape index (κ2) is 8.37. The Bertz CT molecular complexity index is 1190. The standard InChI is InChI=1S/C22H20F3N5O2/c1-14-10-20-29(8-3-9-30(20)28-14)21(32)7-6-19(31)27-18-12-16(13-26-18)15-4-2-5-17(11-15)22(23,24)25/h2-5,8,10-13,26H,6-7,9H2,1H3,(H,27,31). The lowest BCUT2D eigenvalue weighted by atomic mass is 10.1. The zero-order valence-corrected chi connectivity index (χ0v) is 17.1. The van der Waals surface area contributed by atoms with Crippen molar-refractivity contribution in [1.82, 2.24) is 14.8 Å². The van der Waals surface area contributed by atoms with Crippen LogP contribution in [0.3, 0.4) is 0 Å². The van der Waals surface area contributed by atoms with Crippen LogP contribution >= 0.6 is 0 Å². The van der Waals surface area contributed by atoms with Gasteiger partial charge in [-0.05, 0) is 36.8 Å². The number of benzene rings is 1. The normalized spacial score (nSPS) is 13.2. The number of aryl methyl sites for hydroxylation is 1. The number of hydrogen-bond acceptors (Lipinski definition) is 3. The first kappa shape index (κ1) is 21.4. The Kier molecular flexibility index (Phi) is 5.60. The molecule has 10 heteroatoms. The van der Waals surface area contributed by atoms with Gasteiger partial charge in [-0.25, -0.2) is 4.68 Å². The topological polar surface area (TPSA) is 83.0 Å². The van der Waals surface area contributed by atoms with Crippen molar-refractivity contribution in [3.63, 3.8) is 0 Å². The maximum absolute atomic E-state index is 12.9. The summed E-state index contributed by atoms with van der Waals surface area (Å²) in [6, 6.07) is 8.28. The lowest BCUT2D eigenvalue weighted by molar-refractivity contribution is -0.137. The summed E-state index contributed by atoms with van der Waals surface area (Å²) in [5, 5.41) is 6.94. The van der Waals surface area contributed by atoms with Gasteiger partial charge < -0.3 is 10.3 Å². The Morgan fingerprint density at radius 1 is 1.16 bits per heavy atom. The summed E-state index contributed by atoms with van der Waals surface area (Å²) in [6.45, 7) is 2.42. The maximum Gasteiger partial charge on any atom is 0.416 e. The highest BCUT2D eigenvalue weighted by atomic mass is 19.4. The first-order valence-electron chi connectivity index (χ1n) is 9.90. The van der Waals surface area contributed by atoms with E-state index in [0.29, 0.717) is 29.3 Å². The van der Waals surface area contributed by atoms with Crippen molar-refractivity contribution in [3.05, 3.63) is 66.1 Å². The number of aromatic nitrogens is 3. The molecule has 0 saturated heterocycles. The summed E-state index contributed by atoms with van der Waals surface area (Å²) in [4.78, 5) is 29.2. The minimum absolute atomic E-state index is 0.0123. The molecule has 7 nitrogen and oxygen atoms in total. The van der Waals surface area contributed by atoms with Crippen molar-refractivity contribution in [1.29, 1.82) is 0 Å². The van der Waals surface area contributed by atoms with Crippen LogP contribution in [0.2, 0.25) is 0 Å². The third kappa shape index (κ3) is 4.58. The van der Waals surface area contributed by atoms with Crippen molar-refractivity contribution in [2.75, 3.05) is 10.2 Å². The largest absolute Gasteiger partial charge is 0.416 e. The molecule has 3 aromatic rings. The highest BCUT2D eigenvalue weighted by Crippen LogP contribution is 2.32. The Morgan fingerprint density at radius 3 is 2.75 bits per heavy atom. The number of halogens is 3. The summed E-state index contributed by atoms with van der Waals surface area (Å²) < 4.78 is 40.5. The molecular weight excluding hydrogens is 423 g/mol. The second-order valence-electron chi connectivity index (χ2n) is 7.40. The molecular formula is C22H20F3N5O2. The van der Waals surface area contributed by atoms with Gasteiger partial charge in [-0.3, -0.25) is 14.5 Å². The van der Waals surface area contributed by atoms with Crippen LogP contribution in [0.1, 0.15) is 24.1 Å². The van der Waals surface area contributed by atoms with Crippen LogP contribution in [0.5, 0.6) is 0 Å². The molecule has 0 saturated carbocycles. The predicted octanol–water partition coefficient (Wildman–Crippen LogP) is 4.48. The monoisotopic (exact) mass is 443 g/mol. The molecule has 0 aliphatic carbocycles. The Morgan fingerprint density at radius 2 is 1.97 bits per heavy atom. The zero-order chi connectivity index (χ0) is 22.9. The summed E-state index contributed by atoms with van der Waals surface area (Å²) >= 11 is 0. The van der Waals surface area contributed by atoms with Crippen LogP contribution in [-0.2, 0) is 22.3 Å². The number of nitrogens with one attached hydrogen (secondary N) is 2. The van der Waals surface area contributed by atoms with Gasteiger partial charge in [-0.1, -0.05) is 12.1 Å². The lowest BCUT2D eigenvalue weighted by Crippen LogP contribution is -2.30. The van der Waals surface area contributed by atoms with Crippen LogP contribution in [0.15, 0.2) is 54.9 Å². The molecule has 0 fully saturated rings. The fourth-order valence-corrected chi connectivity index (χ4v) is 3.46. The third-order valence-electron chi connectivity index (χ3n) is 4.98. The molecule has 1 aliphatic heterocycles. The maximum atomic E-state index is 12.9. The van der Waals surface area contributed by atoms with Crippen molar-refractivity contribution >= 4 is 23.5 Å². The molecule has 0 atom stereocenters. The number of amides is 2. The van der Waals surface area contributed by atoms with Gasteiger partial charge in [0, 0.05) is 36.9 Å². The van der Waals surface area contributed by atoms with E-state index in [4.69, 9.17) is 0 Å². The van der Waals surface area contributed by atoms with Gasteiger partial charge in [-0.2, -0.15) is 18.3 Å². The van der Waals surface area contributed by atoms with E-state index < -0.39 is 11.7 Å². The quantitative estimate of drug-likeness (QED) is 0.610. The molecule has 2 N–H and O–H groups in total. The molecule has 0 radical (unpaired) electrons. The molecule has 32 heavy (non-hydrogen) atoms. The molecule has 4 rings (SSSR count). The van der Waals surface area contributed by atoms with Crippen LogP contribution in [0, 0.1) is 6.92 Å². The molecule has 2 amide bonds. The smallest absolute Gasteiger partial charge is 0.348 e. The SMILES string of the molecule is Cc1cc2n(n1)CC=CN2C(=O)CCC(=O)Nc1cc(-c2cccc(C(F)(F)F)c2)c[nH]1. The summed E-state index contributed by atoms with van der Waals surface area (Å²) in [5.41, 5.74) is 0.922. The Hall–Kier alpha value is -3.82. The molecule has 1 aromatic carbocycles. The summed E-state index contributed by atoms with van der Waals surface area (Å²) in [7, 11) is 0. The van der Waals surface area contributed by atoms with Crippen LogP contribution in [0.4, 0.5) is 24.8 Å². The van der Waals surface area contributed by atoms with Gasteiger partial charge in [0.15, 0.2) is 0 Å². The van der Waals surface area contributed by atoms with E-state index in [2.05, 4.69) is 15.4 Å². The van der Waals surface area contributed by atoms with Gasteiger partial charge in [0.25, 0.3) is 0 Å². The number of H-pyrrole nitrogens is 1. The van der Waals surface area contributed by atoms with Crippen molar-refractivity contribution in [2.45, 2.75) is 32.5 Å². The molecule has 1 aliphatic rings. The Labute approximate surface area is 181 Å². The van der Waals surface area contributed by atoms with Gasteiger partial charge in [0.2, 0.25) is 11.8 Å². The molecule has 166 valence electrons. The number of hydrogen-bond donors (Lipinski definition) is 2. The number of anilines is 2. The molecule has 3 heterocycles. The average Bonchev–Trinajstić information content (AvgIpc) is 3.36. The third-order valence-corrected chi connectivity index (χ3v) is 4.98. The van der Waals surface area contributed by atoms with Gasteiger partial charge in [-0.15, -0.1) is 0 Å². The Balaban J connectivity index is 1.36. The number of fused-ring (bicyclic) bond motifs is 1. The van der Waals surface area contributed by atoms with E-state index in [-0.39, 0.29) is 24.7 Å². The van der Waals surface area contributed by atoms with E-state index >= 15 is 0 Å². The predicted molar refractivity (Wildman–Crippen MR) is 113 cm³/mol. The number of carbonyl (C=O) groups is 2. The van der Waals surface area contributed by atoms with Crippen LogP contribution < -0.4 is 10.2 Å². The van der Waals surface area contributed by atoms with E-state index in [9.17, 15) is 22.8 Å². The number of alkyl halides is 3. The van der Waals surface area contributed by atoms with Crippen LogP contribution in [0.25, 0.3) is 11.1 Å². The number of carbonyl (C=O) groups excluding carboxylic acids is 2.